The van der Waals surface area contributed by atoms with Gasteiger partial charge in [0.1, 0.15) is 0 Å². The normalized spacial score (nSPS) is 80.7. The smallest absolute Gasteiger partial charge is 0.0206 e. The molecule has 0 heterocycles. The second-order valence-electron chi connectivity index (χ2n) is 5.16. The van der Waals surface area contributed by atoms with Gasteiger partial charge in [-0.1, -0.05) is 6.92 Å². The van der Waals surface area contributed by atoms with Gasteiger partial charge in [0, 0.05) is 0 Å². The molecule has 0 N–H and O–H groups in total. The zero-order chi connectivity index (χ0) is 6.51. The summed E-state index contributed by atoms with van der Waals surface area (Å²) in [6.45, 7) is 2.49. The molecule has 4 fully saturated rings. The van der Waals surface area contributed by atoms with Gasteiger partial charge < -0.3 is 0 Å². The molecule has 0 nitrogen and oxygen atoms in total. The minimum Gasteiger partial charge on any atom is -0.0619 e. The Hall–Kier alpha value is 0. The molecule has 6 atom stereocenters. The molecule has 4 aliphatic rings. The summed E-state index contributed by atoms with van der Waals surface area (Å²) >= 11 is 0. The van der Waals surface area contributed by atoms with Gasteiger partial charge in [-0.05, 0) is 54.3 Å². The van der Waals surface area contributed by atoms with Crippen LogP contribution in [0.25, 0.3) is 0 Å². The number of hydrogen-bond donors (Lipinski definition) is 0. The topological polar surface area (TPSA) is 0 Å². The number of rotatable bonds is 0. The quantitative estimate of drug-likeness (QED) is 0.477. The molecular formula is C10H14. The van der Waals surface area contributed by atoms with Crippen LogP contribution in [0.15, 0.2) is 0 Å². The Morgan fingerprint density at radius 2 is 2.30 bits per heavy atom. The van der Waals surface area contributed by atoms with E-state index >= 15 is 0 Å². The van der Waals surface area contributed by atoms with Gasteiger partial charge in [-0.25, -0.2) is 0 Å². The van der Waals surface area contributed by atoms with Crippen molar-refractivity contribution in [1.29, 1.82) is 0 Å². The molecule has 0 aromatic carbocycles. The van der Waals surface area contributed by atoms with Crippen molar-refractivity contribution in [3.63, 3.8) is 0 Å². The van der Waals surface area contributed by atoms with Crippen molar-refractivity contribution in [3.8, 4) is 0 Å². The third kappa shape index (κ3) is 0.222. The molecule has 1 spiro atoms. The second-order valence-corrected chi connectivity index (χ2v) is 5.16. The van der Waals surface area contributed by atoms with Crippen molar-refractivity contribution in [2.45, 2.75) is 26.2 Å². The molecule has 0 radical (unpaired) electrons. The zero-order valence-electron chi connectivity index (χ0n) is 6.51. The number of fused-ring (bicyclic) bond motifs is 2. The number of hydrogen-bond acceptors (Lipinski definition) is 0. The molecule has 4 rings (SSSR count). The summed E-state index contributed by atoms with van der Waals surface area (Å²) in [5, 5.41) is 0. The van der Waals surface area contributed by atoms with Gasteiger partial charge in [0.05, 0.1) is 0 Å². The Bertz CT molecular complexity index is 207. The first kappa shape index (κ1) is 4.79. The summed E-state index contributed by atoms with van der Waals surface area (Å²) in [5.41, 5.74) is 0.968. The maximum absolute atomic E-state index is 2.49. The fourth-order valence-electron chi connectivity index (χ4n) is 5.09. The van der Waals surface area contributed by atoms with Crippen LogP contribution in [0.1, 0.15) is 26.2 Å². The highest BCUT2D eigenvalue weighted by Gasteiger charge is 2.84. The molecule has 0 bridgehead atoms. The fraction of sp³-hybridized carbons (Fsp3) is 1.00. The summed E-state index contributed by atoms with van der Waals surface area (Å²) in [4.78, 5) is 0. The van der Waals surface area contributed by atoms with Gasteiger partial charge in [-0.15, -0.1) is 0 Å². The first-order valence-electron chi connectivity index (χ1n) is 4.86. The van der Waals surface area contributed by atoms with E-state index in [2.05, 4.69) is 6.92 Å². The fourth-order valence-corrected chi connectivity index (χ4v) is 5.09. The van der Waals surface area contributed by atoms with E-state index in [1.54, 1.807) is 19.3 Å². The molecule has 0 saturated heterocycles. The van der Waals surface area contributed by atoms with Gasteiger partial charge in [0.15, 0.2) is 0 Å². The highest BCUT2D eigenvalue weighted by atomic mass is 14.9. The Labute approximate surface area is 62.0 Å². The van der Waals surface area contributed by atoms with Crippen molar-refractivity contribution in [2.24, 2.45) is 35.0 Å². The van der Waals surface area contributed by atoms with E-state index in [0.29, 0.717) is 0 Å². The van der Waals surface area contributed by atoms with Crippen LogP contribution in [0.3, 0.4) is 0 Å². The van der Waals surface area contributed by atoms with Crippen LogP contribution in [0.4, 0.5) is 0 Å². The first-order valence-corrected chi connectivity index (χ1v) is 4.86. The summed E-state index contributed by atoms with van der Waals surface area (Å²) < 4.78 is 0. The van der Waals surface area contributed by atoms with E-state index in [4.69, 9.17) is 0 Å². The van der Waals surface area contributed by atoms with E-state index < -0.39 is 0 Å². The molecule has 54 valence electrons. The largest absolute Gasteiger partial charge is 0.0619 e. The summed E-state index contributed by atoms with van der Waals surface area (Å²) in [6, 6.07) is 0. The predicted octanol–water partition coefficient (Wildman–Crippen LogP) is 2.30. The lowest BCUT2D eigenvalue weighted by Crippen LogP contribution is -2.57. The average Bonchev–Trinajstić information content (AvgIpc) is 2.40. The monoisotopic (exact) mass is 134 g/mol. The summed E-state index contributed by atoms with van der Waals surface area (Å²) in [6.07, 6.45) is 4.82. The van der Waals surface area contributed by atoms with Gasteiger partial charge in [-0.2, -0.15) is 0 Å². The zero-order valence-corrected chi connectivity index (χ0v) is 6.51. The minimum absolute atomic E-state index is 0.968. The maximum atomic E-state index is 2.49. The second kappa shape index (κ2) is 1.00. The Balaban J connectivity index is 1.88. The lowest BCUT2D eigenvalue weighted by atomic mass is 9.41. The van der Waals surface area contributed by atoms with Crippen molar-refractivity contribution < 1.29 is 0 Å². The summed E-state index contributed by atoms with van der Waals surface area (Å²) in [5.74, 6) is 6.14. The van der Waals surface area contributed by atoms with Crippen molar-refractivity contribution in [2.75, 3.05) is 0 Å². The average molecular weight is 134 g/mol. The van der Waals surface area contributed by atoms with Crippen LogP contribution in [-0.2, 0) is 0 Å². The van der Waals surface area contributed by atoms with Crippen LogP contribution in [0, 0.1) is 35.0 Å². The van der Waals surface area contributed by atoms with Crippen molar-refractivity contribution in [3.05, 3.63) is 0 Å². The third-order valence-corrected chi connectivity index (χ3v) is 5.44. The third-order valence-electron chi connectivity index (χ3n) is 5.44. The molecule has 6 unspecified atom stereocenters. The van der Waals surface area contributed by atoms with Gasteiger partial charge in [0.2, 0.25) is 0 Å². The van der Waals surface area contributed by atoms with Crippen LogP contribution in [-0.4, -0.2) is 0 Å². The standard InChI is InChI=1S/C10H14/c1-5-4-7-8-6-2-3-10(5,7)9(6)8/h5-9H,2-4H2,1H3. The Kier molecular flexibility index (Phi) is 0.479. The van der Waals surface area contributed by atoms with Crippen LogP contribution in [0.5, 0.6) is 0 Å². The van der Waals surface area contributed by atoms with Crippen molar-refractivity contribution in [1.82, 2.24) is 0 Å². The summed E-state index contributed by atoms with van der Waals surface area (Å²) in [7, 11) is 0. The molecule has 10 heavy (non-hydrogen) atoms. The SMILES string of the molecule is CC1CC2C3C4CCC12C43. The van der Waals surface area contributed by atoms with Crippen LogP contribution >= 0.6 is 0 Å². The lowest BCUT2D eigenvalue weighted by molar-refractivity contribution is -0.151. The molecule has 4 aliphatic carbocycles. The van der Waals surface area contributed by atoms with E-state index in [-0.39, 0.29) is 0 Å². The van der Waals surface area contributed by atoms with Gasteiger partial charge in [-0.3, -0.25) is 0 Å². The highest BCUT2D eigenvalue weighted by Crippen LogP contribution is 2.90. The minimum atomic E-state index is 0.968. The molecule has 0 aromatic rings. The van der Waals surface area contributed by atoms with E-state index in [1.807, 2.05) is 0 Å². The molecule has 0 aliphatic heterocycles. The van der Waals surface area contributed by atoms with Crippen LogP contribution < -0.4 is 0 Å². The molecule has 4 saturated carbocycles. The lowest BCUT2D eigenvalue weighted by Gasteiger charge is -2.63. The van der Waals surface area contributed by atoms with E-state index in [1.165, 1.54) is 23.7 Å². The van der Waals surface area contributed by atoms with Crippen LogP contribution in [0.2, 0.25) is 0 Å². The first-order chi connectivity index (χ1) is 4.86. The Morgan fingerprint density at radius 1 is 1.40 bits per heavy atom. The molecule has 0 heteroatoms. The molecular weight excluding hydrogens is 120 g/mol. The molecule has 0 aromatic heterocycles. The Morgan fingerprint density at radius 3 is 2.80 bits per heavy atom. The van der Waals surface area contributed by atoms with Gasteiger partial charge in [0.25, 0.3) is 0 Å². The van der Waals surface area contributed by atoms with E-state index in [9.17, 15) is 0 Å². The van der Waals surface area contributed by atoms with Gasteiger partial charge >= 0.3 is 0 Å². The predicted molar refractivity (Wildman–Crippen MR) is 39.4 cm³/mol. The molecule has 0 amide bonds. The maximum Gasteiger partial charge on any atom is -0.0206 e. The van der Waals surface area contributed by atoms with Crippen molar-refractivity contribution >= 4 is 0 Å². The van der Waals surface area contributed by atoms with E-state index in [0.717, 1.165) is 11.3 Å². The highest BCUT2D eigenvalue weighted by molar-refractivity contribution is 5.32.